The number of anilines is 1. The average molecular weight is 459 g/mol. The molecule has 2 N–H and O–H groups in total. The number of aliphatic carboxylic acids is 1. The lowest BCUT2D eigenvalue weighted by Gasteiger charge is -2.27. The Labute approximate surface area is 198 Å². The summed E-state index contributed by atoms with van der Waals surface area (Å²) in [6.07, 6.45) is 0. The molecule has 0 radical (unpaired) electrons. The highest BCUT2D eigenvalue weighted by atomic mass is 16.5. The van der Waals surface area contributed by atoms with Gasteiger partial charge in [-0.05, 0) is 71.1 Å². The fourth-order valence-corrected chi connectivity index (χ4v) is 4.22. The van der Waals surface area contributed by atoms with Crippen LogP contribution in [0, 0.1) is 5.92 Å². The molecule has 0 aliphatic carbocycles. The van der Waals surface area contributed by atoms with Crippen molar-refractivity contribution in [2.75, 3.05) is 12.4 Å². The number of hydrogen-bond donors (Lipinski definition) is 2. The van der Waals surface area contributed by atoms with Gasteiger partial charge in [-0.15, -0.1) is 0 Å². The van der Waals surface area contributed by atoms with E-state index in [1.54, 1.807) is 51.3 Å². The Kier molecular flexibility index (Phi) is 6.36. The van der Waals surface area contributed by atoms with Crippen LogP contribution in [0.4, 0.5) is 5.69 Å². The number of rotatable bonds is 7. The topological polar surface area (TPSA) is 95.9 Å². The van der Waals surface area contributed by atoms with Crippen LogP contribution in [0.5, 0.6) is 5.75 Å². The molecule has 3 aromatic carbocycles. The minimum Gasteiger partial charge on any atom is -0.497 e. The van der Waals surface area contributed by atoms with Gasteiger partial charge in [-0.25, -0.2) is 4.79 Å². The zero-order valence-corrected chi connectivity index (χ0v) is 19.2. The van der Waals surface area contributed by atoms with Crippen LogP contribution in [0.3, 0.4) is 0 Å². The van der Waals surface area contributed by atoms with E-state index in [1.165, 1.54) is 4.90 Å². The fraction of sp³-hybridized carbons (Fsp3) is 0.222. The van der Waals surface area contributed by atoms with Gasteiger partial charge in [-0.2, -0.15) is 0 Å². The molecule has 2 amide bonds. The molecule has 1 atom stereocenters. The predicted octanol–water partition coefficient (Wildman–Crippen LogP) is 4.68. The maximum absolute atomic E-state index is 12.8. The summed E-state index contributed by atoms with van der Waals surface area (Å²) in [5, 5.41) is 12.5. The molecular formula is C27H26N2O5. The molecule has 7 heteroatoms. The number of amides is 2. The second-order valence-corrected chi connectivity index (χ2v) is 8.59. The van der Waals surface area contributed by atoms with Crippen molar-refractivity contribution in [3.05, 3.63) is 83.4 Å². The Bertz CT molecular complexity index is 1230. The normalized spacial score (nSPS) is 13.5. The number of hydrogen-bond acceptors (Lipinski definition) is 4. The van der Waals surface area contributed by atoms with Gasteiger partial charge in [0.2, 0.25) is 0 Å². The molecule has 0 fully saturated rings. The standard InChI is InChI=1S/C27H26N2O5/c1-16(2)24(27(32)33)29-15-20-14-19(8-13-23(20)26(29)31)17-4-9-21(10-5-17)28-25(30)18-6-11-22(34-3)12-7-18/h4-14,16,24H,15H2,1-3H3,(H,28,30)(H,32,33). The molecule has 0 saturated heterocycles. The third-order valence-corrected chi connectivity index (χ3v) is 5.99. The van der Waals surface area contributed by atoms with Crippen LogP contribution in [0.2, 0.25) is 0 Å². The van der Waals surface area contributed by atoms with Crippen LogP contribution in [-0.2, 0) is 11.3 Å². The number of nitrogens with zero attached hydrogens (tertiary/aromatic N) is 1. The van der Waals surface area contributed by atoms with Crippen molar-refractivity contribution in [2.45, 2.75) is 26.4 Å². The van der Waals surface area contributed by atoms with Crippen molar-refractivity contribution in [1.29, 1.82) is 0 Å². The smallest absolute Gasteiger partial charge is 0.326 e. The lowest BCUT2D eigenvalue weighted by Crippen LogP contribution is -2.44. The molecule has 3 aromatic rings. The van der Waals surface area contributed by atoms with Gasteiger partial charge in [0.15, 0.2) is 0 Å². The highest BCUT2D eigenvalue weighted by Gasteiger charge is 2.38. The van der Waals surface area contributed by atoms with Gasteiger partial charge in [-0.1, -0.05) is 32.0 Å². The summed E-state index contributed by atoms with van der Waals surface area (Å²) in [5.74, 6) is -0.980. The van der Waals surface area contributed by atoms with Gasteiger partial charge in [0.05, 0.1) is 7.11 Å². The first-order chi connectivity index (χ1) is 16.3. The summed E-state index contributed by atoms with van der Waals surface area (Å²) in [4.78, 5) is 38.4. The van der Waals surface area contributed by atoms with Crippen LogP contribution in [0.1, 0.15) is 40.1 Å². The van der Waals surface area contributed by atoms with Gasteiger partial charge >= 0.3 is 5.97 Å². The lowest BCUT2D eigenvalue weighted by molar-refractivity contribution is -0.144. The second-order valence-electron chi connectivity index (χ2n) is 8.59. The zero-order valence-electron chi connectivity index (χ0n) is 19.2. The van der Waals surface area contributed by atoms with Crippen molar-refractivity contribution >= 4 is 23.5 Å². The van der Waals surface area contributed by atoms with Crippen LogP contribution in [-0.4, -0.2) is 40.9 Å². The summed E-state index contributed by atoms with van der Waals surface area (Å²) >= 11 is 0. The van der Waals surface area contributed by atoms with Crippen LogP contribution in [0.15, 0.2) is 66.7 Å². The minimum atomic E-state index is -0.997. The molecule has 0 saturated carbocycles. The van der Waals surface area contributed by atoms with Crippen molar-refractivity contribution in [1.82, 2.24) is 4.90 Å². The number of ether oxygens (including phenoxy) is 1. The summed E-state index contributed by atoms with van der Waals surface area (Å²) in [5.41, 5.74) is 4.38. The van der Waals surface area contributed by atoms with Gasteiger partial charge in [-0.3, -0.25) is 9.59 Å². The molecule has 174 valence electrons. The molecule has 1 heterocycles. The quantitative estimate of drug-likeness (QED) is 0.536. The number of methoxy groups -OCH3 is 1. The van der Waals surface area contributed by atoms with E-state index in [0.717, 1.165) is 16.7 Å². The van der Waals surface area contributed by atoms with Gasteiger partial charge < -0.3 is 20.1 Å². The van der Waals surface area contributed by atoms with E-state index in [2.05, 4.69) is 5.32 Å². The van der Waals surface area contributed by atoms with Crippen molar-refractivity contribution < 1.29 is 24.2 Å². The fourth-order valence-electron chi connectivity index (χ4n) is 4.22. The van der Waals surface area contributed by atoms with Crippen LogP contribution >= 0.6 is 0 Å². The first-order valence-corrected chi connectivity index (χ1v) is 11.0. The molecule has 4 rings (SSSR count). The number of carboxylic acid groups (broad SMARTS) is 1. The lowest BCUT2D eigenvalue weighted by atomic mass is 10.0. The average Bonchev–Trinajstić information content (AvgIpc) is 3.14. The first kappa shape index (κ1) is 23.0. The molecule has 0 bridgehead atoms. The number of carbonyl (C=O) groups is 3. The van der Waals surface area contributed by atoms with E-state index in [4.69, 9.17) is 4.74 Å². The second kappa shape index (κ2) is 9.39. The van der Waals surface area contributed by atoms with Crippen molar-refractivity contribution in [3.8, 4) is 16.9 Å². The zero-order chi connectivity index (χ0) is 24.4. The largest absolute Gasteiger partial charge is 0.497 e. The number of fused-ring (bicyclic) bond motifs is 1. The molecule has 0 aromatic heterocycles. The summed E-state index contributed by atoms with van der Waals surface area (Å²) < 4.78 is 5.12. The Morgan fingerprint density at radius 1 is 0.971 bits per heavy atom. The number of nitrogens with one attached hydrogen (secondary N) is 1. The van der Waals surface area contributed by atoms with E-state index in [-0.39, 0.29) is 24.3 Å². The monoisotopic (exact) mass is 458 g/mol. The highest BCUT2D eigenvalue weighted by Crippen LogP contribution is 2.31. The molecule has 0 spiro atoms. The van der Waals surface area contributed by atoms with Crippen molar-refractivity contribution in [3.63, 3.8) is 0 Å². The van der Waals surface area contributed by atoms with Crippen LogP contribution < -0.4 is 10.1 Å². The number of benzene rings is 3. The SMILES string of the molecule is COc1ccc(C(=O)Nc2ccc(-c3ccc4c(c3)CN(C(C(=O)O)C(C)C)C4=O)cc2)cc1. The van der Waals surface area contributed by atoms with Gasteiger partial charge in [0, 0.05) is 23.4 Å². The van der Waals surface area contributed by atoms with E-state index in [0.29, 0.717) is 22.6 Å². The maximum atomic E-state index is 12.8. The molecule has 1 aliphatic rings. The molecule has 1 aliphatic heterocycles. The van der Waals surface area contributed by atoms with Gasteiger partial charge in [0.25, 0.3) is 11.8 Å². The Morgan fingerprint density at radius 3 is 2.21 bits per heavy atom. The summed E-state index contributed by atoms with van der Waals surface area (Å²) in [6, 6.07) is 19.0. The Balaban J connectivity index is 1.49. The predicted molar refractivity (Wildman–Crippen MR) is 129 cm³/mol. The van der Waals surface area contributed by atoms with Gasteiger partial charge in [0.1, 0.15) is 11.8 Å². The van der Waals surface area contributed by atoms with E-state index in [1.807, 2.05) is 36.4 Å². The third kappa shape index (κ3) is 4.50. The number of carboxylic acids is 1. The van der Waals surface area contributed by atoms with E-state index >= 15 is 0 Å². The Hall–Kier alpha value is -4.13. The van der Waals surface area contributed by atoms with E-state index in [9.17, 15) is 19.5 Å². The van der Waals surface area contributed by atoms with Crippen molar-refractivity contribution in [2.24, 2.45) is 5.92 Å². The Morgan fingerprint density at radius 2 is 1.62 bits per heavy atom. The van der Waals surface area contributed by atoms with E-state index < -0.39 is 12.0 Å². The highest BCUT2D eigenvalue weighted by molar-refractivity contribution is 6.04. The molecule has 34 heavy (non-hydrogen) atoms. The third-order valence-electron chi connectivity index (χ3n) is 5.99. The van der Waals surface area contributed by atoms with Crippen LogP contribution in [0.25, 0.3) is 11.1 Å². The number of carbonyl (C=O) groups excluding carboxylic acids is 2. The molecule has 1 unspecified atom stereocenters. The molecular weight excluding hydrogens is 432 g/mol. The summed E-state index contributed by atoms with van der Waals surface area (Å²) in [6.45, 7) is 3.87. The maximum Gasteiger partial charge on any atom is 0.326 e. The summed E-state index contributed by atoms with van der Waals surface area (Å²) in [7, 11) is 1.57. The minimum absolute atomic E-state index is 0.198. The molecule has 7 nitrogen and oxygen atoms in total. The first-order valence-electron chi connectivity index (χ1n) is 11.0.